The Labute approximate surface area is 442 Å². The van der Waals surface area contributed by atoms with Gasteiger partial charge in [0.25, 0.3) is 0 Å². The standard InChI is InChI=1S/C18H46NO5Si3.C13H32O4Si3.C5H13NO.2C5H10O4/c1-19(2,12-10-13-20)16-18(21)17-22-14-11-15-27(9,23-25(3,4)5)24-26(6,7)8;1-18(2,3)16-20(7,17-19(4,5)6)10-8-9-14-11-13-12-15-13;1-6(2)4-3-5-7;2*1-5(2-6,3-7)4(8)9/h18,20-21H,10-17H2,1-9H3;13H,8-12H2,1-7H3;7H,3-5H2,1-2H3;2*6-7H,2-3H2,1H3,(H,8,9)/q+1;;;;/p-1. The fraction of sp³-hybridized carbons (Fsp3) is 0.957. The highest BCUT2D eigenvalue weighted by Gasteiger charge is 2.41. The van der Waals surface area contributed by atoms with Crippen molar-refractivity contribution in [2.45, 2.75) is 155 Å². The zero-order valence-corrected chi connectivity index (χ0v) is 54.9. The predicted molar refractivity (Wildman–Crippen MR) is 298 cm³/mol. The fourth-order valence-corrected chi connectivity index (χ4v) is 31.4. The molecule has 0 aromatic rings. The van der Waals surface area contributed by atoms with E-state index in [2.05, 4.69) is 111 Å². The Balaban J connectivity index is -0.000000445. The van der Waals surface area contributed by atoms with E-state index in [1.54, 1.807) is 0 Å². The van der Waals surface area contributed by atoms with Crippen LogP contribution in [-0.4, -0.2) is 245 Å². The number of carbonyl (C=O) groups is 2. The molecular weight excluding hydrogens is 1040 g/mol. The normalized spacial score (nSPS) is 15.2. The average Bonchev–Trinajstić information content (AvgIpc) is 4.03. The Morgan fingerprint density at radius 3 is 1.25 bits per heavy atom. The third-order valence-electron chi connectivity index (χ3n) is 9.74. The molecule has 26 heteroatoms. The van der Waals surface area contributed by atoms with Crippen LogP contribution in [0.2, 0.25) is 104 Å². The average molecular weight is 1150 g/mol. The largest absolute Gasteiger partial charge is 0.549 e. The summed E-state index contributed by atoms with van der Waals surface area (Å²) in [5, 5.41) is 79.4. The zero-order chi connectivity index (χ0) is 57.5. The van der Waals surface area contributed by atoms with Gasteiger partial charge in [-0.15, -0.1) is 0 Å². The van der Waals surface area contributed by atoms with Crippen molar-refractivity contribution in [3.05, 3.63) is 0 Å². The Morgan fingerprint density at radius 2 is 1.01 bits per heavy atom. The lowest BCUT2D eigenvalue weighted by Crippen LogP contribution is -2.52. The number of nitrogens with zero attached hydrogens (tertiary/aromatic N) is 2. The van der Waals surface area contributed by atoms with E-state index in [9.17, 15) is 19.8 Å². The molecule has 1 aliphatic rings. The lowest BCUT2D eigenvalue weighted by atomic mass is 9.94. The molecule has 436 valence electrons. The Kier molecular flexibility index (Phi) is 40.6. The minimum atomic E-state index is -2.20. The number of ether oxygens (including phenoxy) is 3. The van der Waals surface area contributed by atoms with Crippen LogP contribution in [0.15, 0.2) is 0 Å². The van der Waals surface area contributed by atoms with Crippen LogP contribution in [-0.2, 0) is 40.3 Å². The summed E-state index contributed by atoms with van der Waals surface area (Å²) < 4.78 is 43.1. The lowest BCUT2D eigenvalue weighted by molar-refractivity contribution is -0.893. The van der Waals surface area contributed by atoms with Gasteiger partial charge in [-0.05, 0) is 157 Å². The van der Waals surface area contributed by atoms with Gasteiger partial charge in [0.2, 0.25) is 0 Å². The van der Waals surface area contributed by atoms with Gasteiger partial charge in [-0.3, -0.25) is 4.79 Å². The maximum Gasteiger partial charge on any atom is 0.314 e. The number of carboxylic acid groups (broad SMARTS) is 2. The Bertz CT molecular complexity index is 1330. The number of carboxylic acids is 2. The molecule has 20 nitrogen and oxygen atoms in total. The zero-order valence-electron chi connectivity index (χ0n) is 48.9. The molecule has 2 unspecified atom stereocenters. The number of rotatable bonds is 34. The van der Waals surface area contributed by atoms with E-state index in [0.29, 0.717) is 37.0 Å². The van der Waals surface area contributed by atoms with E-state index in [1.165, 1.54) is 13.8 Å². The predicted octanol–water partition coefficient (Wildman–Crippen LogP) is 3.27. The van der Waals surface area contributed by atoms with Crippen molar-refractivity contribution in [3.63, 3.8) is 0 Å². The maximum atomic E-state index is 10.2. The monoisotopic (exact) mass is 1150 g/mol. The topological polar surface area (TPSA) is 290 Å². The van der Waals surface area contributed by atoms with Gasteiger partial charge < -0.3 is 90.8 Å². The highest BCUT2D eigenvalue weighted by molar-refractivity contribution is 6.88. The van der Waals surface area contributed by atoms with Crippen LogP contribution in [0.5, 0.6) is 0 Å². The van der Waals surface area contributed by atoms with Crippen LogP contribution in [0, 0.1) is 10.8 Å². The van der Waals surface area contributed by atoms with Crippen LogP contribution in [0.3, 0.4) is 0 Å². The molecule has 1 heterocycles. The van der Waals surface area contributed by atoms with Crippen LogP contribution in [0.25, 0.3) is 0 Å². The van der Waals surface area contributed by atoms with Crippen molar-refractivity contribution in [2.24, 2.45) is 10.8 Å². The van der Waals surface area contributed by atoms with Crippen LogP contribution in [0.4, 0.5) is 0 Å². The van der Waals surface area contributed by atoms with E-state index in [0.717, 1.165) is 70.7 Å². The van der Waals surface area contributed by atoms with Gasteiger partial charge in [-0.2, -0.15) is 0 Å². The van der Waals surface area contributed by atoms with Crippen LogP contribution < -0.4 is 5.11 Å². The lowest BCUT2D eigenvalue weighted by Gasteiger charge is -2.38. The highest BCUT2D eigenvalue weighted by Crippen LogP contribution is 2.27. The fourth-order valence-electron chi connectivity index (χ4n) is 6.39. The van der Waals surface area contributed by atoms with E-state index < -0.39 is 106 Å². The molecule has 2 atom stereocenters. The summed E-state index contributed by atoms with van der Waals surface area (Å²) >= 11 is 0. The molecule has 0 aromatic carbocycles. The molecule has 1 saturated heterocycles. The first-order chi connectivity index (χ1) is 32.5. The molecule has 1 rings (SSSR count). The van der Waals surface area contributed by atoms with Gasteiger partial charge in [-0.25, -0.2) is 0 Å². The molecule has 0 amide bonds. The van der Waals surface area contributed by atoms with Gasteiger partial charge in [0.1, 0.15) is 24.2 Å². The first kappa shape index (κ1) is 78.1. The molecule has 0 spiro atoms. The third-order valence-corrected chi connectivity index (χ3v) is 29.0. The Hall–Kier alpha value is -0.399. The minimum Gasteiger partial charge on any atom is -0.549 e. The van der Waals surface area contributed by atoms with Crippen LogP contribution in [0.1, 0.15) is 39.5 Å². The van der Waals surface area contributed by atoms with Crippen molar-refractivity contribution in [1.82, 2.24) is 4.90 Å². The van der Waals surface area contributed by atoms with E-state index in [-0.39, 0.29) is 6.61 Å². The van der Waals surface area contributed by atoms with Gasteiger partial charge in [0, 0.05) is 32.8 Å². The number of quaternary nitrogens is 1. The second-order valence-corrected chi connectivity index (χ2v) is 49.9. The molecule has 72 heavy (non-hydrogen) atoms. The molecular formula is C46H110N2O18Si6. The number of hydrogen-bond acceptors (Lipinski definition) is 18. The first-order valence-electron chi connectivity index (χ1n) is 25.3. The van der Waals surface area contributed by atoms with Gasteiger partial charge in [-0.1, -0.05) is 0 Å². The minimum absolute atomic E-state index is 0.190. The molecule has 0 bridgehead atoms. The van der Waals surface area contributed by atoms with E-state index in [1.807, 2.05) is 14.1 Å². The maximum absolute atomic E-state index is 10.2. The molecule has 1 fully saturated rings. The van der Waals surface area contributed by atoms with Crippen molar-refractivity contribution in [2.75, 3.05) is 121 Å². The number of carbonyl (C=O) groups excluding carboxylic acids is 1. The number of hydrogen-bond donors (Lipinski definition) is 8. The van der Waals surface area contributed by atoms with Crippen molar-refractivity contribution < 1.29 is 90.7 Å². The van der Waals surface area contributed by atoms with Crippen LogP contribution >= 0.6 is 0 Å². The van der Waals surface area contributed by atoms with Gasteiger partial charge in [0.15, 0.2) is 33.3 Å². The van der Waals surface area contributed by atoms with Gasteiger partial charge in [0.05, 0.1) is 78.3 Å². The number of likely N-dealkylation sites (N-methyl/N-ethyl adjacent to an activating group) is 1. The number of aliphatic carboxylic acids is 2. The number of epoxide rings is 1. The van der Waals surface area contributed by atoms with Gasteiger partial charge >= 0.3 is 23.1 Å². The smallest absolute Gasteiger partial charge is 0.314 e. The summed E-state index contributed by atoms with van der Waals surface area (Å²) in [6.07, 6.45) is 3.41. The quantitative estimate of drug-likeness (QED) is 0.0199. The molecule has 0 aromatic heterocycles. The van der Waals surface area contributed by atoms with Crippen molar-refractivity contribution >= 4 is 62.3 Å². The number of aliphatic hydroxyl groups is 7. The number of aliphatic hydroxyl groups excluding tert-OH is 7. The summed E-state index contributed by atoms with van der Waals surface area (Å²) in [5.41, 5.74) is -2.89. The molecule has 0 radical (unpaired) electrons. The SMILES string of the molecule is CC(CO)(CO)C(=O)O.CC(CO)(CO)C(=O)[O-].CN(C)CCCO.C[N+](C)(CCCO)CC(O)COCCC[Si](C)(O[Si](C)(C)C)O[Si](C)(C)C.C[Si](C)(C)O[Si](C)(CCCOCC1CO1)O[Si](C)(C)C. The summed E-state index contributed by atoms with van der Waals surface area (Å²) in [6, 6.07) is 1.95. The van der Waals surface area contributed by atoms with Crippen molar-refractivity contribution in [1.29, 1.82) is 0 Å². The summed E-state index contributed by atoms with van der Waals surface area (Å²) in [7, 11) is -2.60. The molecule has 0 aliphatic carbocycles. The van der Waals surface area contributed by atoms with E-state index in [4.69, 9.17) is 66.4 Å². The summed E-state index contributed by atoms with van der Waals surface area (Å²) in [5.74, 6) is -2.62. The highest BCUT2D eigenvalue weighted by atomic mass is 28.5. The molecule has 1 aliphatic heterocycles. The Morgan fingerprint density at radius 1 is 0.653 bits per heavy atom. The molecule has 0 saturated carbocycles. The summed E-state index contributed by atoms with van der Waals surface area (Å²) in [6.45, 7) is 37.7. The van der Waals surface area contributed by atoms with Crippen molar-refractivity contribution in [3.8, 4) is 0 Å². The molecule has 8 N–H and O–H groups in total. The summed E-state index contributed by atoms with van der Waals surface area (Å²) in [4.78, 5) is 22.3. The second-order valence-electron chi connectivity index (χ2n) is 24.2. The third kappa shape index (κ3) is 48.0. The van der Waals surface area contributed by atoms with E-state index >= 15 is 0 Å². The second kappa shape index (κ2) is 37.4. The first-order valence-corrected chi connectivity index (χ1v) is 44.0.